The van der Waals surface area contributed by atoms with Crippen molar-refractivity contribution in [3.05, 3.63) is 29.3 Å². The van der Waals surface area contributed by atoms with Gasteiger partial charge in [-0.1, -0.05) is 23.5 Å². The Bertz CT molecular complexity index is 855. The van der Waals surface area contributed by atoms with Crippen molar-refractivity contribution in [2.45, 2.75) is 26.2 Å². The Morgan fingerprint density at radius 1 is 1.18 bits per heavy atom. The first kappa shape index (κ1) is 19.0. The first-order valence-electron chi connectivity index (χ1n) is 9.68. The van der Waals surface area contributed by atoms with E-state index < -0.39 is 0 Å². The number of piperidine rings is 1. The third kappa shape index (κ3) is 4.23. The first-order chi connectivity index (χ1) is 13.6. The van der Waals surface area contributed by atoms with Crippen molar-refractivity contribution in [2.24, 2.45) is 11.8 Å². The Hall–Kier alpha value is -2.32. The van der Waals surface area contributed by atoms with Crippen LogP contribution in [0, 0.1) is 18.8 Å². The van der Waals surface area contributed by atoms with Crippen LogP contribution in [-0.2, 0) is 14.3 Å². The van der Waals surface area contributed by atoms with Gasteiger partial charge < -0.3 is 15.0 Å². The quantitative estimate of drug-likeness (QED) is 0.853. The van der Waals surface area contributed by atoms with Gasteiger partial charge in [-0.25, -0.2) is 0 Å². The number of carbonyl (C=O) groups excluding carboxylic acids is 2. The van der Waals surface area contributed by atoms with E-state index in [0.29, 0.717) is 39.1 Å². The highest BCUT2D eigenvalue weighted by Crippen LogP contribution is 2.27. The molecule has 2 aliphatic rings. The summed E-state index contributed by atoms with van der Waals surface area (Å²) in [5, 5.41) is 13.0. The third-order valence-corrected chi connectivity index (χ3v) is 6.25. The predicted octanol–water partition coefficient (Wildman–Crippen LogP) is 2.73. The standard InChI is InChI=1S/C20H24N4O3S/c1-13-22-23-19(28-13)15-3-2-4-17(11-15)21-18(25)14-5-8-24(9-6-14)20(26)16-7-10-27-12-16/h2-4,11,14,16H,5-10,12H2,1H3,(H,21,25). The van der Waals surface area contributed by atoms with Crippen molar-refractivity contribution in [1.82, 2.24) is 15.1 Å². The van der Waals surface area contributed by atoms with Crippen LogP contribution in [0.25, 0.3) is 10.6 Å². The van der Waals surface area contributed by atoms with Crippen LogP contribution in [0.5, 0.6) is 0 Å². The van der Waals surface area contributed by atoms with E-state index in [0.717, 1.165) is 27.7 Å². The van der Waals surface area contributed by atoms with Gasteiger partial charge in [-0.15, -0.1) is 10.2 Å². The topological polar surface area (TPSA) is 84.4 Å². The average molecular weight is 401 g/mol. The lowest BCUT2D eigenvalue weighted by atomic mass is 9.94. The maximum atomic E-state index is 12.7. The molecular formula is C20H24N4O3S. The molecule has 2 fully saturated rings. The highest BCUT2D eigenvalue weighted by Gasteiger charge is 2.32. The lowest BCUT2D eigenvalue weighted by Gasteiger charge is -2.32. The second-order valence-electron chi connectivity index (χ2n) is 7.36. The largest absolute Gasteiger partial charge is 0.381 e. The minimum Gasteiger partial charge on any atom is -0.381 e. The molecule has 4 rings (SSSR count). The van der Waals surface area contributed by atoms with Gasteiger partial charge in [0, 0.05) is 36.9 Å². The van der Waals surface area contributed by atoms with Crippen molar-refractivity contribution in [1.29, 1.82) is 0 Å². The number of anilines is 1. The Balaban J connectivity index is 1.33. The fourth-order valence-corrected chi connectivity index (χ4v) is 4.43. The minimum atomic E-state index is -0.0729. The zero-order valence-corrected chi connectivity index (χ0v) is 16.7. The van der Waals surface area contributed by atoms with Crippen LogP contribution in [0.4, 0.5) is 5.69 Å². The van der Waals surface area contributed by atoms with Crippen LogP contribution in [0.1, 0.15) is 24.3 Å². The number of aromatic nitrogens is 2. The van der Waals surface area contributed by atoms with Crippen molar-refractivity contribution in [3.63, 3.8) is 0 Å². The zero-order chi connectivity index (χ0) is 19.5. The maximum Gasteiger partial charge on any atom is 0.228 e. The minimum absolute atomic E-state index is 0.00268. The Labute approximate surface area is 168 Å². The second-order valence-corrected chi connectivity index (χ2v) is 8.54. The predicted molar refractivity (Wildman–Crippen MR) is 107 cm³/mol. The molecule has 2 saturated heterocycles. The van der Waals surface area contributed by atoms with Gasteiger partial charge in [0.1, 0.15) is 10.0 Å². The van der Waals surface area contributed by atoms with E-state index in [1.807, 2.05) is 36.1 Å². The number of rotatable bonds is 4. The molecule has 1 aromatic heterocycles. The average Bonchev–Trinajstić information content (AvgIpc) is 3.40. The molecule has 7 nitrogen and oxygen atoms in total. The van der Waals surface area contributed by atoms with Gasteiger partial charge >= 0.3 is 0 Å². The van der Waals surface area contributed by atoms with E-state index in [2.05, 4.69) is 15.5 Å². The molecule has 8 heteroatoms. The lowest BCUT2D eigenvalue weighted by Crippen LogP contribution is -2.44. The van der Waals surface area contributed by atoms with Gasteiger partial charge in [-0.3, -0.25) is 9.59 Å². The summed E-state index contributed by atoms with van der Waals surface area (Å²) in [7, 11) is 0. The van der Waals surface area contributed by atoms with Crippen molar-refractivity contribution < 1.29 is 14.3 Å². The molecule has 28 heavy (non-hydrogen) atoms. The summed E-state index contributed by atoms with van der Waals surface area (Å²) in [5.74, 6) is 0.117. The van der Waals surface area contributed by atoms with Crippen molar-refractivity contribution in [2.75, 3.05) is 31.6 Å². The van der Waals surface area contributed by atoms with Crippen LogP contribution in [0.15, 0.2) is 24.3 Å². The number of benzene rings is 1. The van der Waals surface area contributed by atoms with Crippen LogP contribution in [0.2, 0.25) is 0 Å². The number of carbonyl (C=O) groups is 2. The van der Waals surface area contributed by atoms with Gasteiger partial charge in [0.25, 0.3) is 0 Å². The van der Waals surface area contributed by atoms with Crippen molar-refractivity contribution >= 4 is 28.8 Å². The Kier molecular flexibility index (Phi) is 5.68. The number of hydrogen-bond acceptors (Lipinski definition) is 6. The summed E-state index contributed by atoms with van der Waals surface area (Å²) in [6.07, 6.45) is 2.20. The van der Waals surface area contributed by atoms with E-state index in [9.17, 15) is 9.59 Å². The van der Waals surface area contributed by atoms with E-state index >= 15 is 0 Å². The van der Waals surface area contributed by atoms with Gasteiger partial charge in [-0.05, 0) is 38.3 Å². The lowest BCUT2D eigenvalue weighted by molar-refractivity contribution is -0.138. The van der Waals surface area contributed by atoms with Crippen LogP contribution in [0.3, 0.4) is 0 Å². The third-order valence-electron chi connectivity index (χ3n) is 5.36. The summed E-state index contributed by atoms with van der Waals surface area (Å²) >= 11 is 1.53. The summed E-state index contributed by atoms with van der Waals surface area (Å²) in [4.78, 5) is 27.1. The molecule has 0 radical (unpaired) electrons. The van der Waals surface area contributed by atoms with Crippen LogP contribution in [-0.4, -0.2) is 53.2 Å². The molecule has 0 saturated carbocycles. The smallest absolute Gasteiger partial charge is 0.228 e. The summed E-state index contributed by atoms with van der Waals surface area (Å²) in [6, 6.07) is 7.68. The molecule has 2 amide bonds. The number of aryl methyl sites for hydroxylation is 1. The van der Waals surface area contributed by atoms with E-state index in [4.69, 9.17) is 4.74 Å². The van der Waals surface area contributed by atoms with Gasteiger partial charge in [0.2, 0.25) is 11.8 Å². The molecule has 1 N–H and O–H groups in total. The van der Waals surface area contributed by atoms with Crippen LogP contribution >= 0.6 is 11.3 Å². The Morgan fingerprint density at radius 3 is 2.68 bits per heavy atom. The molecule has 1 atom stereocenters. The highest BCUT2D eigenvalue weighted by atomic mass is 32.1. The molecule has 0 spiro atoms. The monoisotopic (exact) mass is 400 g/mol. The molecule has 2 aromatic rings. The zero-order valence-electron chi connectivity index (χ0n) is 15.9. The fourth-order valence-electron chi connectivity index (χ4n) is 3.74. The highest BCUT2D eigenvalue weighted by molar-refractivity contribution is 7.14. The Morgan fingerprint density at radius 2 is 2.00 bits per heavy atom. The molecule has 2 aliphatic heterocycles. The van der Waals surface area contributed by atoms with E-state index in [-0.39, 0.29) is 23.7 Å². The molecule has 1 aromatic carbocycles. The molecule has 1 unspecified atom stereocenters. The van der Waals surface area contributed by atoms with Crippen LogP contribution < -0.4 is 5.32 Å². The second kappa shape index (κ2) is 8.36. The molecular weight excluding hydrogens is 376 g/mol. The summed E-state index contributed by atoms with van der Waals surface area (Å²) < 4.78 is 5.32. The number of ether oxygens (including phenoxy) is 1. The first-order valence-corrected chi connectivity index (χ1v) is 10.5. The number of amides is 2. The van der Waals surface area contributed by atoms with E-state index in [1.165, 1.54) is 11.3 Å². The van der Waals surface area contributed by atoms with Gasteiger partial charge in [0.15, 0.2) is 0 Å². The number of nitrogens with one attached hydrogen (secondary N) is 1. The number of likely N-dealkylation sites (tertiary alicyclic amines) is 1. The molecule has 3 heterocycles. The maximum absolute atomic E-state index is 12.7. The summed E-state index contributed by atoms with van der Waals surface area (Å²) in [6.45, 7) is 4.40. The fraction of sp³-hybridized carbons (Fsp3) is 0.500. The number of nitrogens with zero attached hydrogens (tertiary/aromatic N) is 3. The van der Waals surface area contributed by atoms with Gasteiger partial charge in [-0.2, -0.15) is 0 Å². The molecule has 148 valence electrons. The van der Waals surface area contributed by atoms with E-state index in [1.54, 1.807) is 0 Å². The normalized spacial score (nSPS) is 20.3. The molecule has 0 aliphatic carbocycles. The van der Waals surface area contributed by atoms with Crippen molar-refractivity contribution in [3.8, 4) is 10.6 Å². The SMILES string of the molecule is Cc1nnc(-c2cccc(NC(=O)C3CCN(C(=O)C4CCOC4)CC3)c2)s1. The molecule has 0 bridgehead atoms. The van der Waals surface area contributed by atoms with Gasteiger partial charge in [0.05, 0.1) is 12.5 Å². The summed E-state index contributed by atoms with van der Waals surface area (Å²) in [5.41, 5.74) is 1.71. The number of hydrogen-bond donors (Lipinski definition) is 1.